The van der Waals surface area contributed by atoms with Crippen LogP contribution in [0.25, 0.3) is 0 Å². The molecule has 0 radical (unpaired) electrons. The molecule has 0 fully saturated rings. The Morgan fingerprint density at radius 3 is 2.64 bits per heavy atom. The molecule has 1 aliphatic heterocycles. The van der Waals surface area contributed by atoms with Crippen LogP contribution in [-0.2, 0) is 14.8 Å². The molecule has 28 heavy (non-hydrogen) atoms. The van der Waals surface area contributed by atoms with Gasteiger partial charge in [-0.25, -0.2) is 8.42 Å². The number of ether oxygens (including phenoxy) is 1. The van der Waals surface area contributed by atoms with Gasteiger partial charge in [-0.2, -0.15) is 0 Å². The number of nitrogens with one attached hydrogen (secondary N) is 1. The molecule has 0 saturated heterocycles. The number of fused-ring (bicyclic) bond motifs is 1. The quantitative estimate of drug-likeness (QED) is 0.616. The first-order valence-corrected chi connectivity index (χ1v) is 10.2. The van der Waals surface area contributed by atoms with Gasteiger partial charge in [0.25, 0.3) is 11.6 Å². The lowest BCUT2D eigenvalue weighted by atomic mass is 10.1. The highest BCUT2D eigenvalue weighted by Crippen LogP contribution is 2.36. The van der Waals surface area contributed by atoms with Crippen molar-refractivity contribution in [2.75, 3.05) is 22.4 Å². The van der Waals surface area contributed by atoms with E-state index in [0.717, 1.165) is 16.1 Å². The SMILES string of the molecule is Cc1ccc2c(c1)N(S(C)(=O)=O)C[C@H](C(=O)Nc1cccc([N+](=O)[O-])c1C)O2. The smallest absolute Gasteiger partial charge is 0.274 e. The van der Waals surface area contributed by atoms with Crippen LogP contribution in [0, 0.1) is 24.0 Å². The third-order valence-electron chi connectivity index (χ3n) is 4.44. The Labute approximate surface area is 162 Å². The summed E-state index contributed by atoms with van der Waals surface area (Å²) >= 11 is 0. The van der Waals surface area contributed by atoms with Crippen molar-refractivity contribution in [3.8, 4) is 5.75 Å². The van der Waals surface area contributed by atoms with Gasteiger partial charge in [-0.3, -0.25) is 19.2 Å². The summed E-state index contributed by atoms with van der Waals surface area (Å²) in [7, 11) is -3.64. The lowest BCUT2D eigenvalue weighted by Crippen LogP contribution is -2.48. The molecule has 148 valence electrons. The van der Waals surface area contributed by atoms with Crippen molar-refractivity contribution < 1.29 is 22.9 Å². The van der Waals surface area contributed by atoms with Gasteiger partial charge in [-0.1, -0.05) is 12.1 Å². The monoisotopic (exact) mass is 405 g/mol. The molecule has 10 heteroatoms. The zero-order chi connectivity index (χ0) is 20.6. The van der Waals surface area contributed by atoms with Gasteiger partial charge in [0.1, 0.15) is 5.75 Å². The number of aryl methyl sites for hydroxylation is 1. The van der Waals surface area contributed by atoms with Crippen molar-refractivity contribution in [1.82, 2.24) is 0 Å². The number of rotatable bonds is 4. The van der Waals surface area contributed by atoms with Crippen molar-refractivity contribution in [2.45, 2.75) is 20.0 Å². The van der Waals surface area contributed by atoms with Crippen LogP contribution >= 0.6 is 0 Å². The van der Waals surface area contributed by atoms with E-state index in [1.165, 1.54) is 25.1 Å². The summed E-state index contributed by atoms with van der Waals surface area (Å²) in [5, 5.41) is 13.7. The molecule has 3 rings (SSSR count). The molecule has 0 aromatic heterocycles. The van der Waals surface area contributed by atoms with E-state index in [2.05, 4.69) is 5.32 Å². The van der Waals surface area contributed by atoms with E-state index in [9.17, 15) is 23.3 Å². The van der Waals surface area contributed by atoms with Crippen LogP contribution in [0.15, 0.2) is 36.4 Å². The van der Waals surface area contributed by atoms with Crippen LogP contribution in [0.1, 0.15) is 11.1 Å². The van der Waals surface area contributed by atoms with Gasteiger partial charge in [0.2, 0.25) is 10.0 Å². The Bertz CT molecular complexity index is 1070. The lowest BCUT2D eigenvalue weighted by Gasteiger charge is -2.34. The molecule has 0 saturated carbocycles. The van der Waals surface area contributed by atoms with Gasteiger partial charge in [0.05, 0.1) is 34.7 Å². The first-order chi connectivity index (χ1) is 13.1. The third kappa shape index (κ3) is 3.77. The Balaban J connectivity index is 1.91. The maximum atomic E-state index is 12.7. The molecule has 1 heterocycles. The number of nitro groups is 1. The summed E-state index contributed by atoms with van der Waals surface area (Å²) in [6.45, 7) is 3.15. The molecule has 1 atom stereocenters. The lowest BCUT2D eigenvalue weighted by molar-refractivity contribution is -0.385. The Kier molecular flexibility index (Phi) is 4.99. The molecule has 1 amide bonds. The number of nitro benzene ring substituents is 1. The van der Waals surface area contributed by atoms with Crippen LogP contribution in [0.3, 0.4) is 0 Å². The zero-order valence-corrected chi connectivity index (χ0v) is 16.3. The maximum absolute atomic E-state index is 12.7. The number of hydrogen-bond donors (Lipinski definition) is 1. The van der Waals surface area contributed by atoms with Gasteiger partial charge in [-0.15, -0.1) is 0 Å². The Morgan fingerprint density at radius 1 is 1.29 bits per heavy atom. The number of sulfonamides is 1. The average molecular weight is 405 g/mol. The summed E-state index contributed by atoms with van der Waals surface area (Å²) in [5.41, 5.74) is 1.67. The molecular formula is C18H19N3O6S. The fourth-order valence-corrected chi connectivity index (χ4v) is 3.89. The maximum Gasteiger partial charge on any atom is 0.274 e. The van der Waals surface area contributed by atoms with Crippen LogP contribution < -0.4 is 14.4 Å². The Hall–Kier alpha value is -3.14. The van der Waals surface area contributed by atoms with Crippen molar-refractivity contribution in [2.24, 2.45) is 0 Å². The van der Waals surface area contributed by atoms with Crippen molar-refractivity contribution in [3.05, 3.63) is 57.6 Å². The van der Waals surface area contributed by atoms with Gasteiger partial charge in [0.15, 0.2) is 6.10 Å². The summed E-state index contributed by atoms with van der Waals surface area (Å²) < 4.78 is 31.3. The first kappa shape index (κ1) is 19.6. The van der Waals surface area contributed by atoms with Crippen LogP contribution in [-0.4, -0.2) is 38.2 Å². The molecule has 0 aliphatic carbocycles. The fourth-order valence-electron chi connectivity index (χ4n) is 2.98. The van der Waals surface area contributed by atoms with Crippen LogP contribution in [0.2, 0.25) is 0 Å². The molecule has 1 N–H and O–H groups in total. The fraction of sp³-hybridized carbons (Fsp3) is 0.278. The zero-order valence-electron chi connectivity index (χ0n) is 15.5. The topological polar surface area (TPSA) is 119 Å². The summed E-state index contributed by atoms with van der Waals surface area (Å²) in [6.07, 6.45) is -0.0482. The van der Waals surface area contributed by atoms with Crippen molar-refractivity contribution in [3.63, 3.8) is 0 Å². The minimum absolute atomic E-state index is 0.124. The molecular weight excluding hydrogens is 386 g/mol. The van der Waals surface area contributed by atoms with E-state index in [1.807, 2.05) is 6.92 Å². The highest BCUT2D eigenvalue weighted by molar-refractivity contribution is 7.92. The third-order valence-corrected chi connectivity index (χ3v) is 5.58. The van der Waals surface area contributed by atoms with E-state index in [4.69, 9.17) is 4.74 Å². The minimum Gasteiger partial charge on any atom is -0.476 e. The molecule has 2 aromatic rings. The summed E-state index contributed by atoms with van der Waals surface area (Å²) in [4.78, 5) is 23.3. The highest BCUT2D eigenvalue weighted by atomic mass is 32.2. The number of anilines is 2. The summed E-state index contributed by atoms with van der Waals surface area (Å²) in [6, 6.07) is 9.38. The molecule has 9 nitrogen and oxygen atoms in total. The minimum atomic E-state index is -3.64. The van der Waals surface area contributed by atoms with Crippen LogP contribution in [0.4, 0.5) is 17.1 Å². The predicted octanol–water partition coefficient (Wildman–Crippen LogP) is 2.38. The van der Waals surface area contributed by atoms with E-state index in [-0.39, 0.29) is 23.7 Å². The van der Waals surface area contributed by atoms with E-state index >= 15 is 0 Å². The van der Waals surface area contributed by atoms with Gasteiger partial charge < -0.3 is 10.1 Å². The molecule has 1 aliphatic rings. The Morgan fingerprint density at radius 2 is 2.00 bits per heavy atom. The predicted molar refractivity (Wildman–Crippen MR) is 104 cm³/mol. The molecule has 0 unspecified atom stereocenters. The average Bonchev–Trinajstić information content (AvgIpc) is 2.61. The van der Waals surface area contributed by atoms with E-state index in [0.29, 0.717) is 11.3 Å². The second-order valence-corrected chi connectivity index (χ2v) is 8.47. The van der Waals surface area contributed by atoms with Crippen LogP contribution in [0.5, 0.6) is 5.75 Å². The molecule has 0 bridgehead atoms. The second-order valence-electron chi connectivity index (χ2n) is 6.57. The largest absolute Gasteiger partial charge is 0.476 e. The normalized spacial score (nSPS) is 16.1. The van der Waals surface area contributed by atoms with E-state index < -0.39 is 27.0 Å². The van der Waals surface area contributed by atoms with Gasteiger partial charge in [0, 0.05) is 6.07 Å². The number of carbonyl (C=O) groups excluding carboxylic acids is 1. The number of amides is 1. The first-order valence-electron chi connectivity index (χ1n) is 8.38. The number of hydrogen-bond acceptors (Lipinski definition) is 6. The summed E-state index contributed by atoms with van der Waals surface area (Å²) in [5.74, 6) is -0.318. The highest BCUT2D eigenvalue weighted by Gasteiger charge is 2.35. The van der Waals surface area contributed by atoms with Crippen molar-refractivity contribution in [1.29, 1.82) is 0 Å². The molecule has 2 aromatic carbocycles. The van der Waals surface area contributed by atoms with Crippen molar-refractivity contribution >= 4 is 33.0 Å². The number of carbonyl (C=O) groups is 1. The van der Waals surface area contributed by atoms with E-state index in [1.54, 1.807) is 18.2 Å². The molecule has 0 spiro atoms. The van der Waals surface area contributed by atoms with Gasteiger partial charge in [-0.05, 0) is 37.6 Å². The second kappa shape index (κ2) is 7.12. The van der Waals surface area contributed by atoms with Gasteiger partial charge >= 0.3 is 0 Å². The standard InChI is InChI=1S/C18H19N3O6S/c1-11-7-8-16-15(9-11)20(28(3,25)26)10-17(27-16)18(22)19-13-5-4-6-14(12(13)2)21(23)24/h4-9,17H,10H2,1-3H3,(H,19,22)/t17-/m1/s1. The number of nitrogens with zero attached hydrogens (tertiary/aromatic N) is 2. The number of benzene rings is 2.